The Kier molecular flexibility index (Phi) is 5.25. The smallest absolute Gasteiger partial charge is 0.283 e. The van der Waals surface area contributed by atoms with Crippen LogP contribution in [-0.2, 0) is 0 Å². The number of nitrogens with zero attached hydrogens (tertiary/aromatic N) is 1. The van der Waals surface area contributed by atoms with Gasteiger partial charge in [-0.1, -0.05) is 97.1 Å². The Bertz CT molecular complexity index is 1330. The quantitative estimate of drug-likeness (QED) is 0.421. The lowest BCUT2D eigenvalue weighted by Crippen LogP contribution is -3.15. The summed E-state index contributed by atoms with van der Waals surface area (Å²) in [5, 5.41) is 3.92. The monoisotopic (exact) mass is 431 g/mol. The van der Waals surface area contributed by atoms with Gasteiger partial charge in [-0.15, -0.1) is 0 Å². The summed E-state index contributed by atoms with van der Waals surface area (Å²) in [6, 6.07) is 39.8. The minimum Gasteiger partial charge on any atom is -0.318 e. The van der Waals surface area contributed by atoms with Crippen LogP contribution in [-0.4, -0.2) is 26.2 Å². The van der Waals surface area contributed by atoms with Gasteiger partial charge in [-0.2, -0.15) is 0 Å². The SMILES string of the molecule is c1ccc(C(c2ccccc2)[NH+]2CCN(c3[nH+]c4ccccc4c4ccccc34)CC2)cc1. The van der Waals surface area contributed by atoms with Crippen molar-refractivity contribution in [1.82, 2.24) is 0 Å². The molecule has 162 valence electrons. The summed E-state index contributed by atoms with van der Waals surface area (Å²) in [5.41, 5.74) is 4.00. The van der Waals surface area contributed by atoms with E-state index in [1.54, 1.807) is 4.90 Å². The number of quaternary nitrogens is 1. The highest BCUT2D eigenvalue weighted by atomic mass is 15.3. The molecule has 1 fully saturated rings. The van der Waals surface area contributed by atoms with Crippen molar-refractivity contribution in [1.29, 1.82) is 0 Å². The third-order valence-electron chi connectivity index (χ3n) is 7.05. The van der Waals surface area contributed by atoms with Gasteiger partial charge in [-0.3, -0.25) is 0 Å². The minimum atomic E-state index is 0.367. The van der Waals surface area contributed by atoms with Crippen molar-refractivity contribution in [3.05, 3.63) is 120 Å². The Balaban J connectivity index is 1.33. The standard InChI is InChI=1S/C30H27N3/c1-3-11-23(12-4-1)29(24-13-5-2-6-14-24)32-19-21-33(22-20-32)30-27-17-8-7-15-25(27)26-16-9-10-18-28(26)31-30/h1-18,29H,19-22H2/p+2. The summed E-state index contributed by atoms with van der Waals surface area (Å²) >= 11 is 0. The molecule has 5 aromatic rings. The number of aromatic amines is 1. The molecule has 1 aromatic heterocycles. The van der Waals surface area contributed by atoms with E-state index in [4.69, 9.17) is 0 Å². The first kappa shape index (κ1) is 20.0. The van der Waals surface area contributed by atoms with Crippen LogP contribution in [0.3, 0.4) is 0 Å². The molecule has 1 aliphatic heterocycles. The molecule has 0 aliphatic carbocycles. The van der Waals surface area contributed by atoms with Crippen LogP contribution in [0.1, 0.15) is 17.2 Å². The average molecular weight is 432 g/mol. The first-order chi connectivity index (χ1) is 16.4. The van der Waals surface area contributed by atoms with Gasteiger partial charge in [0, 0.05) is 21.9 Å². The maximum absolute atomic E-state index is 3.76. The van der Waals surface area contributed by atoms with Crippen molar-refractivity contribution in [2.45, 2.75) is 6.04 Å². The van der Waals surface area contributed by atoms with E-state index in [1.165, 1.54) is 38.6 Å². The Hall–Kier alpha value is -3.69. The zero-order valence-corrected chi connectivity index (χ0v) is 18.7. The third-order valence-corrected chi connectivity index (χ3v) is 7.05. The number of aromatic nitrogens is 1. The molecular formula is C30H29N3+2. The van der Waals surface area contributed by atoms with Gasteiger partial charge in [-0.25, -0.2) is 9.88 Å². The molecular weight excluding hydrogens is 402 g/mol. The van der Waals surface area contributed by atoms with Crippen LogP contribution in [0.2, 0.25) is 0 Å². The van der Waals surface area contributed by atoms with Crippen LogP contribution in [0.4, 0.5) is 5.82 Å². The van der Waals surface area contributed by atoms with Crippen LogP contribution < -0.4 is 14.8 Å². The third kappa shape index (κ3) is 3.75. The van der Waals surface area contributed by atoms with Gasteiger partial charge in [0.25, 0.3) is 5.82 Å². The van der Waals surface area contributed by atoms with E-state index in [2.05, 4.69) is 119 Å². The van der Waals surface area contributed by atoms with E-state index in [9.17, 15) is 0 Å². The highest BCUT2D eigenvalue weighted by molar-refractivity contribution is 6.07. The predicted octanol–water partition coefficient (Wildman–Crippen LogP) is 4.30. The molecule has 0 unspecified atom stereocenters. The second-order valence-corrected chi connectivity index (χ2v) is 8.96. The van der Waals surface area contributed by atoms with Crippen molar-refractivity contribution >= 4 is 27.5 Å². The van der Waals surface area contributed by atoms with E-state index in [1.807, 2.05) is 0 Å². The fourth-order valence-corrected chi connectivity index (χ4v) is 5.46. The minimum absolute atomic E-state index is 0.367. The summed E-state index contributed by atoms with van der Waals surface area (Å²) in [6.45, 7) is 4.27. The molecule has 3 heteroatoms. The van der Waals surface area contributed by atoms with Crippen LogP contribution in [0.15, 0.2) is 109 Å². The van der Waals surface area contributed by atoms with Crippen molar-refractivity contribution < 1.29 is 9.88 Å². The summed E-state index contributed by atoms with van der Waals surface area (Å²) in [4.78, 5) is 7.94. The van der Waals surface area contributed by atoms with Crippen molar-refractivity contribution in [3.8, 4) is 0 Å². The van der Waals surface area contributed by atoms with Gasteiger partial charge < -0.3 is 4.90 Å². The van der Waals surface area contributed by atoms with Gasteiger partial charge in [0.05, 0.1) is 5.39 Å². The first-order valence-electron chi connectivity index (χ1n) is 11.9. The number of nitrogens with one attached hydrogen (secondary N) is 2. The number of piperazine rings is 1. The average Bonchev–Trinajstić information content (AvgIpc) is 2.90. The fourth-order valence-electron chi connectivity index (χ4n) is 5.46. The Morgan fingerprint density at radius 3 is 1.73 bits per heavy atom. The predicted molar refractivity (Wildman–Crippen MR) is 136 cm³/mol. The second kappa shape index (κ2) is 8.68. The number of hydrogen-bond acceptors (Lipinski definition) is 1. The molecule has 3 nitrogen and oxygen atoms in total. The lowest BCUT2D eigenvalue weighted by atomic mass is 9.96. The number of fused-ring (bicyclic) bond motifs is 3. The number of H-pyrrole nitrogens is 1. The zero-order valence-electron chi connectivity index (χ0n) is 18.7. The van der Waals surface area contributed by atoms with Crippen LogP contribution >= 0.6 is 0 Å². The molecule has 0 amide bonds. The topological polar surface area (TPSA) is 21.8 Å². The molecule has 4 aromatic carbocycles. The molecule has 0 saturated carbocycles. The molecule has 0 spiro atoms. The van der Waals surface area contributed by atoms with Crippen molar-refractivity contribution in [2.24, 2.45) is 0 Å². The highest BCUT2D eigenvalue weighted by Gasteiger charge is 2.34. The number of hydrogen-bond donors (Lipinski definition) is 1. The summed E-state index contributed by atoms with van der Waals surface area (Å²) in [7, 11) is 0. The summed E-state index contributed by atoms with van der Waals surface area (Å²) < 4.78 is 0. The lowest BCUT2D eigenvalue weighted by molar-refractivity contribution is -0.926. The van der Waals surface area contributed by atoms with Crippen molar-refractivity contribution in [2.75, 3.05) is 31.1 Å². The second-order valence-electron chi connectivity index (χ2n) is 8.96. The molecule has 1 saturated heterocycles. The Morgan fingerprint density at radius 1 is 0.576 bits per heavy atom. The van der Waals surface area contributed by atoms with E-state index in [0.717, 1.165) is 26.2 Å². The molecule has 0 bridgehead atoms. The maximum Gasteiger partial charge on any atom is 0.283 e. The summed E-state index contributed by atoms with van der Waals surface area (Å²) in [5.74, 6) is 1.25. The number of pyridine rings is 1. The van der Waals surface area contributed by atoms with E-state index < -0.39 is 0 Å². The molecule has 6 rings (SSSR count). The van der Waals surface area contributed by atoms with Gasteiger partial charge >= 0.3 is 0 Å². The first-order valence-corrected chi connectivity index (χ1v) is 11.9. The summed E-state index contributed by atoms with van der Waals surface area (Å²) in [6.07, 6.45) is 0. The molecule has 2 heterocycles. The Morgan fingerprint density at radius 2 is 1.09 bits per heavy atom. The van der Waals surface area contributed by atoms with Crippen LogP contribution in [0.5, 0.6) is 0 Å². The number of benzene rings is 4. The van der Waals surface area contributed by atoms with Gasteiger partial charge in [-0.05, 0) is 12.1 Å². The van der Waals surface area contributed by atoms with Gasteiger partial charge in [0.1, 0.15) is 37.7 Å². The fraction of sp³-hybridized carbons (Fsp3) is 0.167. The largest absolute Gasteiger partial charge is 0.318 e. The molecule has 0 atom stereocenters. The van der Waals surface area contributed by atoms with E-state index >= 15 is 0 Å². The zero-order chi connectivity index (χ0) is 22.0. The molecule has 0 radical (unpaired) electrons. The van der Waals surface area contributed by atoms with Gasteiger partial charge in [0.2, 0.25) is 0 Å². The van der Waals surface area contributed by atoms with Gasteiger partial charge in [0.15, 0.2) is 0 Å². The van der Waals surface area contributed by atoms with Crippen LogP contribution in [0, 0.1) is 0 Å². The molecule has 33 heavy (non-hydrogen) atoms. The number of anilines is 1. The normalized spacial score (nSPS) is 14.9. The molecule has 2 N–H and O–H groups in total. The van der Waals surface area contributed by atoms with Crippen LogP contribution in [0.25, 0.3) is 21.7 Å². The molecule has 1 aliphatic rings. The Labute approximate surface area is 194 Å². The van der Waals surface area contributed by atoms with E-state index in [-0.39, 0.29) is 0 Å². The van der Waals surface area contributed by atoms with Crippen molar-refractivity contribution in [3.63, 3.8) is 0 Å². The highest BCUT2D eigenvalue weighted by Crippen LogP contribution is 2.28. The maximum atomic E-state index is 3.76. The number of rotatable bonds is 4. The lowest BCUT2D eigenvalue weighted by Gasteiger charge is -2.34. The van der Waals surface area contributed by atoms with E-state index in [0.29, 0.717) is 6.04 Å². The number of para-hydroxylation sites is 1.